The van der Waals surface area contributed by atoms with E-state index < -0.39 is 0 Å². The average molecular weight is 205 g/mol. The lowest BCUT2D eigenvalue weighted by Gasteiger charge is -2.32. The van der Waals surface area contributed by atoms with Gasteiger partial charge in [-0.05, 0) is 37.8 Å². The fraction of sp³-hybridized carbons (Fsp3) is 0.583. The first kappa shape index (κ1) is 10.3. The van der Waals surface area contributed by atoms with Crippen molar-refractivity contribution in [1.82, 2.24) is 4.98 Å². The molecule has 3 nitrogen and oxygen atoms in total. The predicted molar refractivity (Wildman–Crippen MR) is 63.9 cm³/mol. The second kappa shape index (κ2) is 4.51. The fourth-order valence-corrected chi connectivity index (χ4v) is 1.96. The van der Waals surface area contributed by atoms with Crippen molar-refractivity contribution in [3.05, 3.63) is 18.3 Å². The van der Waals surface area contributed by atoms with Gasteiger partial charge < -0.3 is 10.6 Å². The van der Waals surface area contributed by atoms with Crippen LogP contribution in [0.5, 0.6) is 0 Å². The summed E-state index contributed by atoms with van der Waals surface area (Å²) >= 11 is 0. The van der Waals surface area contributed by atoms with Crippen LogP contribution in [0.3, 0.4) is 0 Å². The van der Waals surface area contributed by atoms with Gasteiger partial charge >= 0.3 is 0 Å². The molecule has 2 rings (SSSR count). The number of aromatic nitrogens is 1. The summed E-state index contributed by atoms with van der Waals surface area (Å²) in [6.45, 7) is 4.34. The molecule has 82 valence electrons. The van der Waals surface area contributed by atoms with Gasteiger partial charge in [0.2, 0.25) is 0 Å². The van der Waals surface area contributed by atoms with Crippen molar-refractivity contribution in [2.75, 3.05) is 23.7 Å². The Morgan fingerprint density at radius 3 is 2.73 bits per heavy atom. The molecule has 0 unspecified atom stereocenters. The number of nitrogen functional groups attached to an aromatic ring is 1. The number of nitrogens with zero attached hydrogens (tertiary/aromatic N) is 2. The number of hydrogen-bond acceptors (Lipinski definition) is 3. The van der Waals surface area contributed by atoms with E-state index in [1.54, 1.807) is 6.20 Å². The van der Waals surface area contributed by atoms with Crippen LogP contribution in [-0.4, -0.2) is 18.1 Å². The van der Waals surface area contributed by atoms with Crippen molar-refractivity contribution in [3.63, 3.8) is 0 Å². The van der Waals surface area contributed by atoms with Gasteiger partial charge in [-0.2, -0.15) is 0 Å². The minimum absolute atomic E-state index is 0.735. The Kier molecular flexibility index (Phi) is 3.09. The second-order valence-electron chi connectivity index (χ2n) is 4.29. The van der Waals surface area contributed by atoms with Crippen molar-refractivity contribution in [3.8, 4) is 0 Å². The van der Waals surface area contributed by atoms with E-state index in [1.807, 2.05) is 12.1 Å². The second-order valence-corrected chi connectivity index (χ2v) is 4.29. The van der Waals surface area contributed by atoms with Gasteiger partial charge in [0.1, 0.15) is 5.82 Å². The third-order valence-corrected chi connectivity index (χ3v) is 3.18. The Labute approximate surface area is 91.3 Å². The topological polar surface area (TPSA) is 42.1 Å². The van der Waals surface area contributed by atoms with Crippen molar-refractivity contribution < 1.29 is 0 Å². The van der Waals surface area contributed by atoms with Gasteiger partial charge in [-0.1, -0.05) is 6.42 Å². The van der Waals surface area contributed by atoms with E-state index in [1.165, 1.54) is 19.3 Å². The maximum atomic E-state index is 5.63. The van der Waals surface area contributed by atoms with E-state index in [4.69, 9.17) is 5.73 Å². The summed E-state index contributed by atoms with van der Waals surface area (Å²) in [5.74, 6) is 1.93. The summed E-state index contributed by atoms with van der Waals surface area (Å²) in [6.07, 6.45) is 5.90. The van der Waals surface area contributed by atoms with Crippen molar-refractivity contribution in [2.24, 2.45) is 5.92 Å². The lowest BCUT2D eigenvalue weighted by molar-refractivity contribution is 0.318. The number of rotatable bonds is 4. The van der Waals surface area contributed by atoms with E-state index in [2.05, 4.69) is 16.8 Å². The monoisotopic (exact) mass is 205 g/mol. The molecule has 1 aromatic rings. The molecule has 0 saturated heterocycles. The molecular weight excluding hydrogens is 186 g/mol. The van der Waals surface area contributed by atoms with Crippen LogP contribution in [0.25, 0.3) is 0 Å². The predicted octanol–water partition coefficient (Wildman–Crippen LogP) is 2.29. The highest BCUT2D eigenvalue weighted by Crippen LogP contribution is 2.28. The highest BCUT2D eigenvalue weighted by atomic mass is 15.2. The highest BCUT2D eigenvalue weighted by Gasteiger charge is 2.20. The smallest absolute Gasteiger partial charge is 0.128 e. The van der Waals surface area contributed by atoms with Gasteiger partial charge in [0.25, 0.3) is 0 Å². The van der Waals surface area contributed by atoms with E-state index in [0.717, 1.165) is 30.5 Å². The molecule has 1 aliphatic rings. The van der Waals surface area contributed by atoms with Crippen LogP contribution in [0, 0.1) is 5.92 Å². The lowest BCUT2D eigenvalue weighted by atomic mass is 9.85. The van der Waals surface area contributed by atoms with E-state index >= 15 is 0 Å². The molecule has 0 spiro atoms. The van der Waals surface area contributed by atoms with Crippen LogP contribution in [-0.2, 0) is 0 Å². The molecule has 0 bridgehead atoms. The zero-order chi connectivity index (χ0) is 10.7. The fourth-order valence-electron chi connectivity index (χ4n) is 1.96. The SMILES string of the molecule is CCN(CC1CCC1)c1ccc(N)cn1. The summed E-state index contributed by atoms with van der Waals surface area (Å²) in [6, 6.07) is 3.93. The van der Waals surface area contributed by atoms with Gasteiger partial charge in [0, 0.05) is 13.1 Å². The lowest BCUT2D eigenvalue weighted by Crippen LogP contribution is -2.32. The molecule has 0 aliphatic heterocycles. The minimum Gasteiger partial charge on any atom is -0.397 e. The molecule has 0 atom stereocenters. The molecule has 0 aromatic carbocycles. The molecule has 1 aliphatic carbocycles. The number of anilines is 2. The Morgan fingerprint density at radius 1 is 1.47 bits per heavy atom. The van der Waals surface area contributed by atoms with Gasteiger partial charge in [-0.3, -0.25) is 0 Å². The van der Waals surface area contributed by atoms with Gasteiger partial charge in [0.05, 0.1) is 11.9 Å². The zero-order valence-corrected chi connectivity index (χ0v) is 9.32. The number of nitrogens with two attached hydrogens (primary N) is 1. The summed E-state index contributed by atoms with van der Waals surface area (Å²) < 4.78 is 0. The molecular formula is C12H19N3. The minimum atomic E-state index is 0.735. The molecule has 15 heavy (non-hydrogen) atoms. The molecule has 2 N–H and O–H groups in total. The summed E-state index contributed by atoms with van der Waals surface area (Å²) in [4.78, 5) is 6.70. The Bertz CT molecular complexity index is 303. The van der Waals surface area contributed by atoms with Crippen LogP contribution in [0.4, 0.5) is 11.5 Å². The molecule has 1 aromatic heterocycles. The third kappa shape index (κ3) is 2.41. The summed E-state index contributed by atoms with van der Waals surface area (Å²) in [7, 11) is 0. The van der Waals surface area contributed by atoms with Gasteiger partial charge in [-0.15, -0.1) is 0 Å². The number of pyridine rings is 1. The molecule has 0 amide bonds. The average Bonchev–Trinajstić information content (AvgIpc) is 2.19. The first-order valence-electron chi connectivity index (χ1n) is 5.76. The first-order chi connectivity index (χ1) is 7.29. The summed E-state index contributed by atoms with van der Waals surface area (Å²) in [5.41, 5.74) is 6.36. The van der Waals surface area contributed by atoms with Crippen LogP contribution in [0.1, 0.15) is 26.2 Å². The summed E-state index contributed by atoms with van der Waals surface area (Å²) in [5, 5.41) is 0. The van der Waals surface area contributed by atoms with E-state index in [9.17, 15) is 0 Å². The van der Waals surface area contributed by atoms with Crippen LogP contribution in [0.2, 0.25) is 0 Å². The van der Waals surface area contributed by atoms with Crippen molar-refractivity contribution in [2.45, 2.75) is 26.2 Å². The van der Waals surface area contributed by atoms with Gasteiger partial charge in [-0.25, -0.2) is 4.98 Å². The van der Waals surface area contributed by atoms with Crippen molar-refractivity contribution >= 4 is 11.5 Å². The maximum absolute atomic E-state index is 5.63. The first-order valence-corrected chi connectivity index (χ1v) is 5.76. The normalized spacial score (nSPS) is 16.1. The Morgan fingerprint density at radius 2 is 2.27 bits per heavy atom. The quantitative estimate of drug-likeness (QED) is 0.820. The molecule has 1 saturated carbocycles. The standard InChI is InChI=1S/C12H19N3/c1-2-15(9-10-4-3-5-10)12-7-6-11(13)8-14-12/h6-8,10H,2-5,9,13H2,1H3. The number of hydrogen-bond donors (Lipinski definition) is 1. The van der Waals surface area contributed by atoms with Crippen LogP contribution < -0.4 is 10.6 Å². The Hall–Kier alpha value is -1.25. The van der Waals surface area contributed by atoms with Gasteiger partial charge in [0.15, 0.2) is 0 Å². The van der Waals surface area contributed by atoms with E-state index in [-0.39, 0.29) is 0 Å². The highest BCUT2D eigenvalue weighted by molar-refractivity contribution is 5.45. The van der Waals surface area contributed by atoms with E-state index in [0.29, 0.717) is 0 Å². The maximum Gasteiger partial charge on any atom is 0.128 e. The molecule has 3 heteroatoms. The largest absolute Gasteiger partial charge is 0.397 e. The third-order valence-electron chi connectivity index (χ3n) is 3.18. The zero-order valence-electron chi connectivity index (χ0n) is 9.32. The molecule has 1 heterocycles. The van der Waals surface area contributed by atoms with Crippen molar-refractivity contribution in [1.29, 1.82) is 0 Å². The molecule has 1 fully saturated rings. The van der Waals surface area contributed by atoms with Crippen LogP contribution >= 0.6 is 0 Å². The Balaban J connectivity index is 2.01. The molecule has 0 radical (unpaired) electrons. The van der Waals surface area contributed by atoms with Crippen LogP contribution in [0.15, 0.2) is 18.3 Å².